The van der Waals surface area contributed by atoms with Gasteiger partial charge in [0, 0.05) is 19.2 Å². The number of rotatable bonds is 4. The number of nitrogens with zero attached hydrogens (tertiary/aromatic N) is 2. The van der Waals surface area contributed by atoms with Crippen LogP contribution in [-0.4, -0.2) is 15.3 Å². The molecule has 0 unspecified atom stereocenters. The largest absolute Gasteiger partial charge is 0.332 e. The molecule has 0 radical (unpaired) electrons. The molecule has 0 atom stereocenters. The number of Topliss-reactive ketones (excluding diaryl/α,β-unsaturated/α-hetero) is 1. The SMILES string of the molecule is CCC(=O)c1cn(Cc2ccc(F)c(F)c2)cn1. The quantitative estimate of drug-likeness (QED) is 0.782. The number of benzene rings is 1. The van der Waals surface area contributed by atoms with Crippen molar-refractivity contribution in [3.05, 3.63) is 53.6 Å². The average Bonchev–Trinajstić information content (AvgIpc) is 2.81. The topological polar surface area (TPSA) is 34.9 Å². The Morgan fingerprint density at radius 3 is 2.78 bits per heavy atom. The Hall–Kier alpha value is -2.04. The summed E-state index contributed by atoms with van der Waals surface area (Å²) in [5.74, 6) is -1.79. The van der Waals surface area contributed by atoms with Crippen LogP contribution < -0.4 is 0 Å². The van der Waals surface area contributed by atoms with E-state index in [-0.39, 0.29) is 5.78 Å². The first-order valence-corrected chi connectivity index (χ1v) is 5.59. The van der Waals surface area contributed by atoms with Crippen LogP contribution in [0.5, 0.6) is 0 Å². The van der Waals surface area contributed by atoms with Crippen molar-refractivity contribution < 1.29 is 13.6 Å². The number of carbonyl (C=O) groups excluding carboxylic acids is 1. The van der Waals surface area contributed by atoms with Gasteiger partial charge < -0.3 is 4.57 Å². The second kappa shape index (κ2) is 5.08. The predicted octanol–water partition coefficient (Wildman–Crippen LogP) is 2.80. The summed E-state index contributed by atoms with van der Waals surface area (Å²) >= 11 is 0. The lowest BCUT2D eigenvalue weighted by molar-refractivity contribution is 0.0983. The van der Waals surface area contributed by atoms with Gasteiger partial charge in [-0.25, -0.2) is 13.8 Å². The Labute approximate surface area is 103 Å². The standard InChI is InChI=1S/C13H12F2N2O/c1-2-13(18)12-7-17(8-16-12)6-9-3-4-10(14)11(15)5-9/h3-5,7-8H,2,6H2,1H3. The fourth-order valence-electron chi connectivity index (χ4n) is 1.62. The summed E-state index contributed by atoms with van der Waals surface area (Å²) in [6.45, 7) is 2.11. The number of aromatic nitrogens is 2. The van der Waals surface area contributed by atoms with Crippen molar-refractivity contribution in [2.45, 2.75) is 19.9 Å². The lowest BCUT2D eigenvalue weighted by atomic mass is 10.2. The van der Waals surface area contributed by atoms with Crippen molar-refractivity contribution >= 4 is 5.78 Å². The van der Waals surface area contributed by atoms with Gasteiger partial charge in [-0.05, 0) is 17.7 Å². The summed E-state index contributed by atoms with van der Waals surface area (Å²) in [4.78, 5) is 15.4. The Balaban J connectivity index is 2.16. The smallest absolute Gasteiger partial charge is 0.182 e. The van der Waals surface area contributed by atoms with Crippen LogP contribution in [0.3, 0.4) is 0 Å². The zero-order chi connectivity index (χ0) is 13.1. The predicted molar refractivity (Wildman–Crippen MR) is 62.3 cm³/mol. The molecule has 0 saturated heterocycles. The summed E-state index contributed by atoms with van der Waals surface area (Å²) in [7, 11) is 0. The molecule has 0 N–H and O–H groups in total. The van der Waals surface area contributed by atoms with Gasteiger partial charge in [0.25, 0.3) is 0 Å². The molecule has 0 spiro atoms. The minimum absolute atomic E-state index is 0.0426. The maximum absolute atomic E-state index is 13.0. The van der Waals surface area contributed by atoms with Crippen molar-refractivity contribution in [1.82, 2.24) is 9.55 Å². The molecular formula is C13H12F2N2O. The van der Waals surface area contributed by atoms with Gasteiger partial charge in [0.1, 0.15) is 5.69 Å². The highest BCUT2D eigenvalue weighted by Crippen LogP contribution is 2.10. The third kappa shape index (κ3) is 2.61. The van der Waals surface area contributed by atoms with Gasteiger partial charge in [-0.3, -0.25) is 4.79 Å². The van der Waals surface area contributed by atoms with E-state index in [2.05, 4.69) is 4.98 Å². The van der Waals surface area contributed by atoms with Crippen LogP contribution in [0.4, 0.5) is 8.78 Å². The molecule has 0 amide bonds. The van der Waals surface area contributed by atoms with Crippen LogP contribution >= 0.6 is 0 Å². The summed E-state index contributed by atoms with van der Waals surface area (Å²) in [5.41, 5.74) is 1.00. The molecule has 1 aromatic carbocycles. The molecule has 94 valence electrons. The van der Waals surface area contributed by atoms with Gasteiger partial charge in [-0.15, -0.1) is 0 Å². The van der Waals surface area contributed by atoms with Crippen molar-refractivity contribution in [1.29, 1.82) is 0 Å². The number of imidazole rings is 1. The summed E-state index contributed by atoms with van der Waals surface area (Å²) in [5, 5.41) is 0. The number of hydrogen-bond acceptors (Lipinski definition) is 2. The number of halogens is 2. The van der Waals surface area contributed by atoms with Gasteiger partial charge in [0.15, 0.2) is 17.4 Å². The zero-order valence-corrected chi connectivity index (χ0v) is 9.86. The first-order valence-electron chi connectivity index (χ1n) is 5.59. The Bertz CT molecular complexity index is 578. The molecule has 2 aromatic rings. The molecule has 0 fully saturated rings. The third-order valence-corrected chi connectivity index (χ3v) is 2.59. The van der Waals surface area contributed by atoms with Crippen LogP contribution in [0, 0.1) is 11.6 Å². The second-order valence-corrected chi connectivity index (χ2v) is 3.96. The normalized spacial score (nSPS) is 10.6. The third-order valence-electron chi connectivity index (χ3n) is 2.59. The fraction of sp³-hybridized carbons (Fsp3) is 0.231. The van der Waals surface area contributed by atoms with Crippen molar-refractivity contribution in [2.75, 3.05) is 0 Å². The minimum atomic E-state index is -0.877. The molecular weight excluding hydrogens is 238 g/mol. The molecule has 0 aliphatic carbocycles. The first kappa shape index (κ1) is 12.4. The van der Waals surface area contributed by atoms with Crippen molar-refractivity contribution in [3.8, 4) is 0 Å². The fourth-order valence-corrected chi connectivity index (χ4v) is 1.62. The van der Waals surface area contributed by atoms with E-state index in [9.17, 15) is 13.6 Å². The highest BCUT2D eigenvalue weighted by atomic mass is 19.2. The van der Waals surface area contributed by atoms with Crippen LogP contribution in [0.25, 0.3) is 0 Å². The van der Waals surface area contributed by atoms with Gasteiger partial charge in [0.2, 0.25) is 0 Å². The molecule has 18 heavy (non-hydrogen) atoms. The Kier molecular flexibility index (Phi) is 3.50. The average molecular weight is 250 g/mol. The van der Waals surface area contributed by atoms with Crippen molar-refractivity contribution in [3.63, 3.8) is 0 Å². The van der Waals surface area contributed by atoms with Crippen LogP contribution in [0.2, 0.25) is 0 Å². The van der Waals surface area contributed by atoms with Gasteiger partial charge in [-0.1, -0.05) is 13.0 Å². The molecule has 1 aromatic heterocycles. The lowest BCUT2D eigenvalue weighted by Crippen LogP contribution is -1.99. The van der Waals surface area contributed by atoms with Crippen molar-refractivity contribution in [2.24, 2.45) is 0 Å². The zero-order valence-electron chi connectivity index (χ0n) is 9.86. The van der Waals surface area contributed by atoms with E-state index in [0.717, 1.165) is 12.1 Å². The molecule has 0 aliphatic heterocycles. The highest BCUT2D eigenvalue weighted by Gasteiger charge is 2.08. The maximum atomic E-state index is 13.0. The van der Waals surface area contributed by atoms with Crippen LogP contribution in [0.1, 0.15) is 29.4 Å². The molecule has 0 aliphatic rings. The monoisotopic (exact) mass is 250 g/mol. The van der Waals surface area contributed by atoms with E-state index < -0.39 is 11.6 Å². The van der Waals surface area contributed by atoms with Crippen LogP contribution in [0.15, 0.2) is 30.7 Å². The second-order valence-electron chi connectivity index (χ2n) is 3.96. The van der Waals surface area contributed by atoms with Crippen LogP contribution in [-0.2, 0) is 6.54 Å². The number of ketones is 1. The molecule has 5 heteroatoms. The molecule has 0 saturated carbocycles. The highest BCUT2D eigenvalue weighted by molar-refractivity contribution is 5.93. The molecule has 1 heterocycles. The van der Waals surface area contributed by atoms with E-state index in [1.165, 1.54) is 12.4 Å². The Morgan fingerprint density at radius 1 is 1.33 bits per heavy atom. The maximum Gasteiger partial charge on any atom is 0.182 e. The van der Waals surface area contributed by atoms with E-state index in [1.807, 2.05) is 0 Å². The number of carbonyl (C=O) groups is 1. The van der Waals surface area contributed by atoms with E-state index in [0.29, 0.717) is 24.2 Å². The first-order chi connectivity index (χ1) is 8.60. The summed E-state index contributed by atoms with van der Waals surface area (Å²) in [6.07, 6.45) is 3.50. The molecule has 3 nitrogen and oxygen atoms in total. The lowest BCUT2D eigenvalue weighted by Gasteiger charge is -2.02. The van der Waals surface area contributed by atoms with Gasteiger partial charge >= 0.3 is 0 Å². The molecule has 2 rings (SSSR count). The van der Waals surface area contributed by atoms with Gasteiger partial charge in [0.05, 0.1) is 6.33 Å². The van der Waals surface area contributed by atoms with Gasteiger partial charge in [-0.2, -0.15) is 0 Å². The molecule has 0 bridgehead atoms. The van der Waals surface area contributed by atoms with E-state index in [1.54, 1.807) is 17.7 Å². The van der Waals surface area contributed by atoms with E-state index >= 15 is 0 Å². The van der Waals surface area contributed by atoms with E-state index in [4.69, 9.17) is 0 Å². The summed E-state index contributed by atoms with van der Waals surface area (Å²) in [6, 6.07) is 3.72. The minimum Gasteiger partial charge on any atom is -0.332 e. The summed E-state index contributed by atoms with van der Waals surface area (Å²) < 4.78 is 27.4. The Morgan fingerprint density at radius 2 is 2.11 bits per heavy atom. The number of hydrogen-bond donors (Lipinski definition) is 0.